The van der Waals surface area contributed by atoms with Crippen molar-refractivity contribution in [1.82, 2.24) is 15.6 Å². The van der Waals surface area contributed by atoms with E-state index in [2.05, 4.69) is 15.6 Å². The zero-order chi connectivity index (χ0) is 13.6. The van der Waals surface area contributed by atoms with Crippen molar-refractivity contribution in [2.24, 2.45) is 0 Å². The van der Waals surface area contributed by atoms with Crippen LogP contribution in [-0.2, 0) is 11.3 Å². The van der Waals surface area contributed by atoms with E-state index < -0.39 is 0 Å². The van der Waals surface area contributed by atoms with E-state index in [4.69, 9.17) is 4.74 Å². The number of ether oxygens (including phenoxy) is 1. The molecule has 1 aromatic heterocycles. The summed E-state index contributed by atoms with van der Waals surface area (Å²) in [5.41, 5.74) is 0.691. The predicted molar refractivity (Wildman–Crippen MR) is 77.6 cm³/mol. The van der Waals surface area contributed by atoms with Crippen LogP contribution in [0.4, 0.5) is 0 Å². The lowest BCUT2D eigenvalue weighted by atomic mass is 10.2. The molecule has 0 saturated carbocycles. The molecule has 0 saturated heterocycles. The van der Waals surface area contributed by atoms with Crippen LogP contribution in [0.25, 0.3) is 0 Å². The summed E-state index contributed by atoms with van der Waals surface area (Å²) >= 11 is 0. The molecule has 1 amide bonds. The molecule has 0 bridgehead atoms. The van der Waals surface area contributed by atoms with Gasteiger partial charge in [-0.15, -0.1) is 12.4 Å². The largest absolute Gasteiger partial charge is 0.472 e. The van der Waals surface area contributed by atoms with E-state index in [9.17, 15) is 4.79 Å². The summed E-state index contributed by atoms with van der Waals surface area (Å²) < 4.78 is 5.61. The van der Waals surface area contributed by atoms with Gasteiger partial charge >= 0.3 is 0 Å². The zero-order valence-corrected chi connectivity index (χ0v) is 12.6. The summed E-state index contributed by atoms with van der Waals surface area (Å²) in [7, 11) is 1.74. The lowest BCUT2D eigenvalue weighted by Gasteiger charge is -2.20. The highest BCUT2D eigenvalue weighted by molar-refractivity contribution is 5.85. The Balaban J connectivity index is 0.00000324. The maximum Gasteiger partial charge on any atom is 0.234 e. The number of nitrogens with one attached hydrogen (secondary N) is 2. The van der Waals surface area contributed by atoms with Crippen LogP contribution in [0.3, 0.4) is 0 Å². The number of amides is 1. The molecule has 0 fully saturated rings. The third-order valence-corrected chi connectivity index (χ3v) is 2.04. The number of rotatable bonds is 5. The molecular weight excluding hydrogens is 266 g/mol. The van der Waals surface area contributed by atoms with Crippen LogP contribution in [0.5, 0.6) is 5.88 Å². The fraction of sp³-hybridized carbons (Fsp3) is 0.538. The number of hydrogen-bond acceptors (Lipinski definition) is 4. The number of carbonyl (C=O) groups excluding carboxylic acids is 1. The van der Waals surface area contributed by atoms with Crippen molar-refractivity contribution >= 4 is 18.3 Å². The average Bonchev–Trinajstić information content (AvgIpc) is 2.26. The molecule has 6 heteroatoms. The Labute approximate surface area is 120 Å². The highest BCUT2D eigenvalue weighted by atomic mass is 35.5. The molecule has 19 heavy (non-hydrogen) atoms. The van der Waals surface area contributed by atoms with Gasteiger partial charge in [0.05, 0.1) is 6.54 Å². The summed E-state index contributed by atoms with van der Waals surface area (Å²) in [6.07, 6.45) is 1.71. The summed E-state index contributed by atoms with van der Waals surface area (Å²) in [4.78, 5) is 15.5. The van der Waals surface area contributed by atoms with Crippen LogP contribution in [0.2, 0.25) is 0 Å². The SMILES string of the molecule is CNCC(=O)NCc1ccc(OC(C)(C)C)nc1.Cl. The van der Waals surface area contributed by atoms with E-state index in [1.807, 2.05) is 32.9 Å². The Hall–Kier alpha value is -1.33. The monoisotopic (exact) mass is 287 g/mol. The smallest absolute Gasteiger partial charge is 0.234 e. The molecule has 0 unspecified atom stereocenters. The fourth-order valence-electron chi connectivity index (χ4n) is 1.31. The Morgan fingerprint density at radius 3 is 2.53 bits per heavy atom. The van der Waals surface area contributed by atoms with Crippen LogP contribution in [0.1, 0.15) is 26.3 Å². The number of aromatic nitrogens is 1. The Kier molecular flexibility index (Phi) is 7.41. The van der Waals surface area contributed by atoms with Gasteiger partial charge in [-0.3, -0.25) is 4.79 Å². The van der Waals surface area contributed by atoms with Gasteiger partial charge < -0.3 is 15.4 Å². The Morgan fingerprint density at radius 1 is 1.37 bits per heavy atom. The minimum atomic E-state index is -0.254. The first-order valence-electron chi connectivity index (χ1n) is 5.96. The summed E-state index contributed by atoms with van der Waals surface area (Å²) in [6.45, 7) is 6.71. The van der Waals surface area contributed by atoms with Crippen molar-refractivity contribution in [2.75, 3.05) is 13.6 Å². The zero-order valence-electron chi connectivity index (χ0n) is 11.8. The number of pyridine rings is 1. The normalized spacial score (nSPS) is 10.5. The van der Waals surface area contributed by atoms with E-state index in [1.165, 1.54) is 0 Å². The minimum absolute atomic E-state index is 0. The molecule has 0 aliphatic rings. The molecule has 0 radical (unpaired) electrons. The van der Waals surface area contributed by atoms with Crippen LogP contribution >= 0.6 is 12.4 Å². The molecule has 0 atom stereocenters. The van der Waals surface area contributed by atoms with Crippen molar-refractivity contribution in [1.29, 1.82) is 0 Å². The summed E-state index contributed by atoms with van der Waals surface area (Å²) in [5.74, 6) is 0.556. The first-order valence-corrected chi connectivity index (χ1v) is 5.96. The number of carbonyl (C=O) groups is 1. The molecule has 0 aliphatic heterocycles. The third-order valence-electron chi connectivity index (χ3n) is 2.04. The number of hydrogen-bond donors (Lipinski definition) is 2. The third kappa shape index (κ3) is 7.64. The lowest BCUT2D eigenvalue weighted by Crippen LogP contribution is -2.31. The standard InChI is InChI=1S/C13H21N3O2.ClH/c1-13(2,3)18-12-6-5-10(8-16-12)7-15-11(17)9-14-4;/h5-6,8,14H,7,9H2,1-4H3,(H,15,17);1H. The van der Waals surface area contributed by atoms with Gasteiger partial charge in [0.2, 0.25) is 11.8 Å². The van der Waals surface area contributed by atoms with Gasteiger partial charge in [-0.2, -0.15) is 0 Å². The van der Waals surface area contributed by atoms with Crippen molar-refractivity contribution < 1.29 is 9.53 Å². The van der Waals surface area contributed by atoms with E-state index in [0.717, 1.165) is 5.56 Å². The minimum Gasteiger partial charge on any atom is -0.472 e. The second-order valence-corrected chi connectivity index (χ2v) is 5.03. The summed E-state index contributed by atoms with van der Waals surface area (Å²) in [5, 5.41) is 5.58. The molecular formula is C13H22ClN3O2. The van der Waals surface area contributed by atoms with Crippen molar-refractivity contribution in [2.45, 2.75) is 32.9 Å². The molecule has 5 nitrogen and oxygen atoms in total. The van der Waals surface area contributed by atoms with E-state index in [1.54, 1.807) is 13.2 Å². The molecule has 1 aromatic rings. The first-order chi connectivity index (χ1) is 8.40. The van der Waals surface area contributed by atoms with Gasteiger partial charge in [-0.25, -0.2) is 4.98 Å². The highest BCUT2D eigenvalue weighted by Gasteiger charge is 2.12. The van der Waals surface area contributed by atoms with Crippen molar-refractivity contribution in [3.63, 3.8) is 0 Å². The highest BCUT2D eigenvalue weighted by Crippen LogP contribution is 2.15. The average molecular weight is 288 g/mol. The van der Waals surface area contributed by atoms with Gasteiger partial charge in [-0.05, 0) is 33.4 Å². The quantitative estimate of drug-likeness (QED) is 0.862. The maximum atomic E-state index is 11.3. The van der Waals surface area contributed by atoms with Gasteiger partial charge in [0.25, 0.3) is 0 Å². The first kappa shape index (κ1) is 17.7. The van der Waals surface area contributed by atoms with Gasteiger partial charge in [0, 0.05) is 18.8 Å². The second kappa shape index (κ2) is 7.96. The molecule has 0 aliphatic carbocycles. The van der Waals surface area contributed by atoms with Gasteiger partial charge in [0.15, 0.2) is 0 Å². The fourth-order valence-corrected chi connectivity index (χ4v) is 1.31. The van der Waals surface area contributed by atoms with Crippen LogP contribution in [0.15, 0.2) is 18.3 Å². The molecule has 1 rings (SSSR count). The van der Waals surface area contributed by atoms with E-state index in [0.29, 0.717) is 19.0 Å². The van der Waals surface area contributed by atoms with E-state index in [-0.39, 0.29) is 23.9 Å². The van der Waals surface area contributed by atoms with Crippen molar-refractivity contribution in [3.05, 3.63) is 23.9 Å². The molecule has 0 spiro atoms. The molecule has 0 aromatic carbocycles. The van der Waals surface area contributed by atoms with Crippen molar-refractivity contribution in [3.8, 4) is 5.88 Å². The Bertz CT molecular complexity index is 388. The summed E-state index contributed by atoms with van der Waals surface area (Å²) in [6, 6.07) is 3.71. The molecule has 1 heterocycles. The van der Waals surface area contributed by atoms with Gasteiger partial charge in [0.1, 0.15) is 5.60 Å². The number of nitrogens with zero attached hydrogens (tertiary/aromatic N) is 1. The molecule has 108 valence electrons. The number of halogens is 1. The second-order valence-electron chi connectivity index (χ2n) is 5.03. The Morgan fingerprint density at radius 2 is 2.05 bits per heavy atom. The van der Waals surface area contributed by atoms with Crippen LogP contribution in [-0.4, -0.2) is 30.1 Å². The molecule has 2 N–H and O–H groups in total. The van der Waals surface area contributed by atoms with Crippen LogP contribution < -0.4 is 15.4 Å². The number of likely N-dealkylation sites (N-methyl/N-ethyl adjacent to an activating group) is 1. The van der Waals surface area contributed by atoms with E-state index >= 15 is 0 Å². The maximum absolute atomic E-state index is 11.3. The topological polar surface area (TPSA) is 63.2 Å². The predicted octanol–water partition coefficient (Wildman–Crippen LogP) is 1.52. The lowest BCUT2D eigenvalue weighted by molar-refractivity contribution is -0.120. The van der Waals surface area contributed by atoms with Crippen LogP contribution in [0, 0.1) is 0 Å². The van der Waals surface area contributed by atoms with Gasteiger partial charge in [-0.1, -0.05) is 6.07 Å².